The largest absolute Gasteiger partial charge is 0.493 e. The van der Waals surface area contributed by atoms with E-state index in [-0.39, 0.29) is 12.3 Å². The molecule has 0 aliphatic rings. The first kappa shape index (κ1) is 14.4. The van der Waals surface area contributed by atoms with Crippen LogP contribution in [-0.2, 0) is 6.61 Å². The molecule has 1 amide bonds. The lowest BCUT2D eigenvalue weighted by Gasteiger charge is -2.09. The molecule has 2 aromatic rings. The smallest absolute Gasteiger partial charge is 0.287 e. The van der Waals surface area contributed by atoms with Crippen molar-refractivity contribution in [2.24, 2.45) is 5.84 Å². The second kappa shape index (κ2) is 6.40. The van der Waals surface area contributed by atoms with E-state index in [9.17, 15) is 4.79 Å². The summed E-state index contributed by atoms with van der Waals surface area (Å²) in [4.78, 5) is 11.2. The minimum absolute atomic E-state index is 0.0487. The highest BCUT2D eigenvalue weighted by Crippen LogP contribution is 2.28. The number of benzene rings is 1. The first-order valence-electron chi connectivity index (χ1n) is 5.85. The molecule has 0 aliphatic heterocycles. The molecular formula is C13H12N4O4. The zero-order valence-electron chi connectivity index (χ0n) is 11.1. The number of rotatable bonds is 5. The molecule has 1 aromatic carbocycles. The fraction of sp³-hybridized carbons (Fsp3) is 0.154. The summed E-state index contributed by atoms with van der Waals surface area (Å²) in [5, 5.41) is 12.4. The standard InChI is InChI=1S/C13H12N4O4/c1-19-12-4-8(6-14)2-3-11(12)20-7-9-5-10(17-21-9)13(18)16-15/h2-5H,7,15H2,1H3,(H,16,18). The van der Waals surface area contributed by atoms with Crippen molar-refractivity contribution in [1.82, 2.24) is 10.6 Å². The number of carbonyl (C=O) groups is 1. The molecular weight excluding hydrogens is 276 g/mol. The lowest BCUT2D eigenvalue weighted by Crippen LogP contribution is -2.30. The number of carbonyl (C=O) groups excluding carboxylic acids is 1. The number of amides is 1. The fourth-order valence-corrected chi connectivity index (χ4v) is 1.57. The molecule has 8 heteroatoms. The van der Waals surface area contributed by atoms with Crippen LogP contribution in [0.25, 0.3) is 0 Å². The van der Waals surface area contributed by atoms with Gasteiger partial charge in [-0.1, -0.05) is 5.16 Å². The molecule has 0 saturated carbocycles. The van der Waals surface area contributed by atoms with Gasteiger partial charge in [0.05, 0.1) is 18.7 Å². The monoisotopic (exact) mass is 288 g/mol. The van der Waals surface area contributed by atoms with Gasteiger partial charge in [0.2, 0.25) is 0 Å². The molecule has 0 fully saturated rings. The molecule has 0 aliphatic carbocycles. The van der Waals surface area contributed by atoms with E-state index in [2.05, 4.69) is 5.16 Å². The maximum Gasteiger partial charge on any atom is 0.287 e. The number of methoxy groups -OCH3 is 1. The highest BCUT2D eigenvalue weighted by Gasteiger charge is 2.12. The molecule has 0 spiro atoms. The highest BCUT2D eigenvalue weighted by atomic mass is 16.5. The van der Waals surface area contributed by atoms with Crippen LogP contribution in [0.1, 0.15) is 21.8 Å². The van der Waals surface area contributed by atoms with E-state index in [1.165, 1.54) is 13.2 Å². The normalized spacial score (nSPS) is 9.76. The van der Waals surface area contributed by atoms with Crippen LogP contribution in [0.4, 0.5) is 0 Å². The van der Waals surface area contributed by atoms with Gasteiger partial charge in [0.15, 0.2) is 23.0 Å². The zero-order valence-corrected chi connectivity index (χ0v) is 11.1. The first-order chi connectivity index (χ1) is 10.2. The summed E-state index contributed by atoms with van der Waals surface area (Å²) in [6.07, 6.45) is 0. The molecule has 0 bridgehead atoms. The van der Waals surface area contributed by atoms with E-state index < -0.39 is 5.91 Å². The second-order valence-corrected chi connectivity index (χ2v) is 3.92. The molecule has 21 heavy (non-hydrogen) atoms. The fourth-order valence-electron chi connectivity index (χ4n) is 1.57. The number of nitrogens with two attached hydrogens (primary N) is 1. The summed E-state index contributed by atoms with van der Waals surface area (Å²) >= 11 is 0. The van der Waals surface area contributed by atoms with Crippen molar-refractivity contribution in [3.05, 3.63) is 41.3 Å². The molecule has 8 nitrogen and oxygen atoms in total. The van der Waals surface area contributed by atoms with Gasteiger partial charge in [-0.2, -0.15) is 5.26 Å². The van der Waals surface area contributed by atoms with Gasteiger partial charge in [-0.3, -0.25) is 10.2 Å². The maximum atomic E-state index is 11.2. The molecule has 0 unspecified atom stereocenters. The first-order valence-corrected chi connectivity index (χ1v) is 5.85. The van der Waals surface area contributed by atoms with E-state index in [4.69, 9.17) is 25.1 Å². The van der Waals surface area contributed by atoms with Gasteiger partial charge in [-0.05, 0) is 12.1 Å². The molecule has 3 N–H and O–H groups in total. The summed E-state index contributed by atoms with van der Waals surface area (Å²) in [7, 11) is 1.47. The molecule has 1 heterocycles. The quantitative estimate of drug-likeness (QED) is 0.472. The molecule has 108 valence electrons. The van der Waals surface area contributed by atoms with Gasteiger partial charge in [0.1, 0.15) is 6.61 Å². The number of nitrogens with zero attached hydrogens (tertiary/aromatic N) is 2. The molecule has 2 rings (SSSR count). The van der Waals surface area contributed by atoms with E-state index in [1.54, 1.807) is 18.2 Å². The summed E-state index contributed by atoms with van der Waals surface area (Å²) in [6, 6.07) is 8.19. The maximum absolute atomic E-state index is 11.2. The summed E-state index contributed by atoms with van der Waals surface area (Å²) in [6.45, 7) is 0.0487. The van der Waals surface area contributed by atoms with Crippen molar-refractivity contribution >= 4 is 5.91 Å². The minimum atomic E-state index is -0.555. The highest BCUT2D eigenvalue weighted by molar-refractivity contribution is 5.91. The van der Waals surface area contributed by atoms with Crippen LogP contribution in [0.15, 0.2) is 28.8 Å². The van der Waals surface area contributed by atoms with Crippen molar-refractivity contribution in [2.75, 3.05) is 7.11 Å². The lowest BCUT2D eigenvalue weighted by atomic mass is 10.2. The Balaban J connectivity index is 2.08. The Hall–Kier alpha value is -3.05. The number of hydrazine groups is 1. The number of hydrogen-bond acceptors (Lipinski definition) is 7. The predicted molar refractivity (Wildman–Crippen MR) is 70.2 cm³/mol. The molecule has 0 atom stereocenters. The molecule has 1 aromatic heterocycles. The molecule has 0 radical (unpaired) electrons. The number of nitriles is 1. The van der Waals surface area contributed by atoms with E-state index in [0.29, 0.717) is 22.8 Å². The van der Waals surface area contributed by atoms with Crippen LogP contribution >= 0.6 is 0 Å². The van der Waals surface area contributed by atoms with E-state index in [1.807, 2.05) is 11.5 Å². The van der Waals surface area contributed by atoms with Gasteiger partial charge >= 0.3 is 0 Å². The lowest BCUT2D eigenvalue weighted by molar-refractivity contribution is 0.0944. The van der Waals surface area contributed by atoms with Crippen LogP contribution < -0.4 is 20.7 Å². The number of nitrogen functional groups attached to an aromatic ring is 1. The summed E-state index contributed by atoms with van der Waals surface area (Å²) in [5.41, 5.74) is 2.46. The zero-order chi connectivity index (χ0) is 15.2. The third-order valence-corrected chi connectivity index (χ3v) is 2.59. The number of nitrogens with one attached hydrogen (secondary N) is 1. The van der Waals surface area contributed by atoms with Crippen LogP contribution in [0, 0.1) is 11.3 Å². The van der Waals surface area contributed by atoms with Gasteiger partial charge in [0.25, 0.3) is 5.91 Å². The van der Waals surface area contributed by atoms with E-state index in [0.717, 1.165) is 0 Å². The van der Waals surface area contributed by atoms with Crippen LogP contribution in [0.3, 0.4) is 0 Å². The topological polar surface area (TPSA) is 123 Å². The Morgan fingerprint density at radius 3 is 2.95 bits per heavy atom. The Morgan fingerprint density at radius 2 is 2.29 bits per heavy atom. The van der Waals surface area contributed by atoms with Crippen LogP contribution in [0.2, 0.25) is 0 Å². The minimum Gasteiger partial charge on any atom is -0.493 e. The summed E-state index contributed by atoms with van der Waals surface area (Å²) < 4.78 is 15.6. The van der Waals surface area contributed by atoms with Gasteiger partial charge in [0, 0.05) is 12.1 Å². The van der Waals surface area contributed by atoms with E-state index >= 15 is 0 Å². The Morgan fingerprint density at radius 1 is 1.48 bits per heavy atom. The number of aromatic nitrogens is 1. The van der Waals surface area contributed by atoms with Crippen LogP contribution in [0.5, 0.6) is 11.5 Å². The number of hydrogen-bond donors (Lipinski definition) is 2. The van der Waals surface area contributed by atoms with Crippen molar-refractivity contribution in [2.45, 2.75) is 6.61 Å². The predicted octanol–water partition coefficient (Wildman–Crippen LogP) is 0.737. The molecule has 0 saturated heterocycles. The second-order valence-electron chi connectivity index (χ2n) is 3.92. The Labute approximate surface area is 120 Å². The summed E-state index contributed by atoms with van der Waals surface area (Å²) in [5.74, 6) is 5.65. The van der Waals surface area contributed by atoms with Crippen molar-refractivity contribution < 1.29 is 18.8 Å². The van der Waals surface area contributed by atoms with Crippen molar-refractivity contribution in [3.8, 4) is 17.6 Å². The SMILES string of the molecule is COc1cc(C#N)ccc1OCc1cc(C(=O)NN)no1. The average molecular weight is 288 g/mol. The van der Waals surface area contributed by atoms with Crippen molar-refractivity contribution in [1.29, 1.82) is 5.26 Å². The number of ether oxygens (including phenoxy) is 2. The van der Waals surface area contributed by atoms with Crippen molar-refractivity contribution in [3.63, 3.8) is 0 Å². The van der Waals surface area contributed by atoms with Gasteiger partial charge in [-0.25, -0.2) is 5.84 Å². The van der Waals surface area contributed by atoms with Gasteiger partial charge < -0.3 is 14.0 Å². The van der Waals surface area contributed by atoms with Crippen LogP contribution in [-0.4, -0.2) is 18.2 Å². The van der Waals surface area contributed by atoms with Gasteiger partial charge in [-0.15, -0.1) is 0 Å². The Kier molecular flexibility index (Phi) is 4.38. The Bertz CT molecular complexity index is 690. The third kappa shape index (κ3) is 3.29. The third-order valence-electron chi connectivity index (χ3n) is 2.59. The average Bonchev–Trinajstić information content (AvgIpc) is 3.00.